The van der Waals surface area contributed by atoms with Crippen LogP contribution in [0.25, 0.3) is 10.9 Å². The highest BCUT2D eigenvalue weighted by Gasteiger charge is 2.16. The van der Waals surface area contributed by atoms with Crippen LogP contribution in [0.3, 0.4) is 0 Å². The molecule has 8 heteroatoms. The molecule has 3 rings (SSSR count). The van der Waals surface area contributed by atoms with Gasteiger partial charge in [-0.15, -0.1) is 0 Å². The lowest BCUT2D eigenvalue weighted by molar-refractivity contribution is 0.152. The summed E-state index contributed by atoms with van der Waals surface area (Å²) in [7, 11) is 1.54. The van der Waals surface area contributed by atoms with Crippen LogP contribution in [-0.2, 0) is 11.3 Å². The number of rotatable bonds is 8. The molecule has 0 bridgehead atoms. The number of pyridine rings is 1. The third-order valence-electron chi connectivity index (χ3n) is 4.51. The maximum atomic E-state index is 13.1. The van der Waals surface area contributed by atoms with Crippen molar-refractivity contribution >= 4 is 22.6 Å². The van der Waals surface area contributed by atoms with Crippen molar-refractivity contribution in [1.29, 1.82) is 0 Å². The molecule has 1 heterocycles. The minimum absolute atomic E-state index is 0.0839. The lowest BCUT2D eigenvalue weighted by Crippen LogP contribution is -2.38. The summed E-state index contributed by atoms with van der Waals surface area (Å²) in [6.07, 6.45) is 0. The molecule has 0 aliphatic rings. The first-order valence-electron chi connectivity index (χ1n) is 9.59. The van der Waals surface area contributed by atoms with E-state index in [0.717, 1.165) is 5.39 Å². The van der Waals surface area contributed by atoms with Gasteiger partial charge in [-0.25, -0.2) is 9.18 Å². The third kappa shape index (κ3) is 5.36. The highest BCUT2D eigenvalue weighted by atomic mass is 19.1. The number of H-pyrrole nitrogens is 1. The normalized spacial score (nSPS) is 10.8. The van der Waals surface area contributed by atoms with Crippen LogP contribution in [0.15, 0.2) is 53.3 Å². The summed E-state index contributed by atoms with van der Waals surface area (Å²) in [5.41, 5.74) is 1.30. The number of hydrogen-bond acceptors (Lipinski definition) is 4. The number of nitrogens with zero attached hydrogens (tertiary/aromatic N) is 1. The Kier molecular flexibility index (Phi) is 7.03. The molecule has 0 aliphatic carbocycles. The Labute approximate surface area is 173 Å². The molecule has 7 nitrogen and oxygen atoms in total. The number of aromatic amines is 1. The second-order valence-electron chi connectivity index (χ2n) is 6.66. The number of anilines is 1. The van der Waals surface area contributed by atoms with Gasteiger partial charge in [0.1, 0.15) is 11.6 Å². The van der Waals surface area contributed by atoms with Crippen LogP contribution in [0.5, 0.6) is 5.75 Å². The number of halogens is 1. The first-order chi connectivity index (χ1) is 14.5. The van der Waals surface area contributed by atoms with Gasteiger partial charge in [0.2, 0.25) is 0 Å². The minimum Gasteiger partial charge on any atom is -0.494 e. The monoisotopic (exact) mass is 413 g/mol. The number of benzene rings is 2. The van der Waals surface area contributed by atoms with Crippen molar-refractivity contribution in [2.75, 3.05) is 32.2 Å². The van der Waals surface area contributed by atoms with Crippen molar-refractivity contribution in [3.63, 3.8) is 0 Å². The van der Waals surface area contributed by atoms with Crippen LogP contribution in [0.1, 0.15) is 12.5 Å². The van der Waals surface area contributed by atoms with E-state index in [4.69, 9.17) is 9.47 Å². The maximum absolute atomic E-state index is 13.1. The fourth-order valence-electron chi connectivity index (χ4n) is 3.00. The van der Waals surface area contributed by atoms with E-state index in [1.54, 1.807) is 18.2 Å². The lowest BCUT2D eigenvalue weighted by atomic mass is 10.1. The maximum Gasteiger partial charge on any atom is 0.322 e. The topological polar surface area (TPSA) is 83.7 Å². The number of ether oxygens (including phenoxy) is 2. The number of hydrogen-bond donors (Lipinski definition) is 2. The summed E-state index contributed by atoms with van der Waals surface area (Å²) in [5, 5.41) is 3.52. The molecule has 2 N–H and O–H groups in total. The van der Waals surface area contributed by atoms with Crippen LogP contribution in [0.2, 0.25) is 0 Å². The second kappa shape index (κ2) is 9.89. The molecule has 30 heavy (non-hydrogen) atoms. The zero-order valence-corrected chi connectivity index (χ0v) is 16.9. The van der Waals surface area contributed by atoms with Crippen LogP contribution < -0.4 is 15.6 Å². The molecule has 3 aromatic rings. The summed E-state index contributed by atoms with van der Waals surface area (Å²) in [6, 6.07) is 12.2. The van der Waals surface area contributed by atoms with E-state index < -0.39 is 11.8 Å². The number of aromatic nitrogens is 1. The molecule has 2 amide bonds. The summed E-state index contributed by atoms with van der Waals surface area (Å²) in [6.45, 7) is 3.10. The number of methoxy groups -OCH3 is 1. The van der Waals surface area contributed by atoms with E-state index in [1.165, 1.54) is 36.3 Å². The third-order valence-corrected chi connectivity index (χ3v) is 4.51. The minimum atomic E-state index is -0.416. The zero-order chi connectivity index (χ0) is 21.5. The SMILES string of the molecule is CCOc1ccc2[nH]c(=O)c(CN(CCOC)C(=O)Nc3ccc(F)cc3)cc2c1. The number of urea groups is 1. The predicted molar refractivity (Wildman–Crippen MR) is 113 cm³/mol. The van der Waals surface area contributed by atoms with Crippen molar-refractivity contribution in [2.45, 2.75) is 13.5 Å². The molecule has 2 aromatic carbocycles. The second-order valence-corrected chi connectivity index (χ2v) is 6.66. The van der Waals surface area contributed by atoms with Gasteiger partial charge in [0.15, 0.2) is 0 Å². The van der Waals surface area contributed by atoms with Crippen molar-refractivity contribution in [3.05, 3.63) is 70.3 Å². The van der Waals surface area contributed by atoms with Crippen molar-refractivity contribution < 1.29 is 18.7 Å². The summed E-state index contributed by atoms with van der Waals surface area (Å²) in [4.78, 5) is 29.6. The Morgan fingerprint density at radius 2 is 1.93 bits per heavy atom. The number of carbonyl (C=O) groups is 1. The molecule has 0 atom stereocenters. The number of nitrogens with one attached hydrogen (secondary N) is 2. The van der Waals surface area contributed by atoms with Gasteiger partial charge in [0.05, 0.1) is 19.8 Å². The Bertz CT molecular complexity index is 1070. The zero-order valence-electron chi connectivity index (χ0n) is 16.9. The molecule has 0 unspecified atom stereocenters. The quantitative estimate of drug-likeness (QED) is 0.589. The van der Waals surface area contributed by atoms with Gasteiger partial charge in [-0.3, -0.25) is 4.79 Å². The van der Waals surface area contributed by atoms with Gasteiger partial charge in [0, 0.05) is 35.8 Å². The molecule has 0 radical (unpaired) electrons. The first kappa shape index (κ1) is 21.3. The van der Waals surface area contributed by atoms with Gasteiger partial charge < -0.3 is 24.7 Å². The van der Waals surface area contributed by atoms with E-state index in [-0.39, 0.29) is 18.6 Å². The smallest absolute Gasteiger partial charge is 0.322 e. The summed E-state index contributed by atoms with van der Waals surface area (Å²) in [5.74, 6) is 0.312. The lowest BCUT2D eigenvalue weighted by Gasteiger charge is -2.23. The van der Waals surface area contributed by atoms with Crippen molar-refractivity contribution in [3.8, 4) is 5.75 Å². The van der Waals surface area contributed by atoms with Gasteiger partial charge in [-0.05, 0) is 55.5 Å². The van der Waals surface area contributed by atoms with Crippen LogP contribution >= 0.6 is 0 Å². The van der Waals surface area contributed by atoms with Gasteiger partial charge in [0.25, 0.3) is 5.56 Å². The van der Waals surface area contributed by atoms with Gasteiger partial charge in [-0.1, -0.05) is 0 Å². The predicted octanol–water partition coefficient (Wildman–Crippen LogP) is 3.75. The van der Waals surface area contributed by atoms with Crippen molar-refractivity contribution in [1.82, 2.24) is 9.88 Å². The number of fused-ring (bicyclic) bond motifs is 1. The first-order valence-corrected chi connectivity index (χ1v) is 9.59. The fraction of sp³-hybridized carbons (Fsp3) is 0.273. The number of carbonyl (C=O) groups excluding carboxylic acids is 1. The highest BCUT2D eigenvalue weighted by Crippen LogP contribution is 2.20. The van der Waals surface area contributed by atoms with E-state index in [2.05, 4.69) is 10.3 Å². The molecular formula is C22H24FN3O4. The van der Waals surface area contributed by atoms with Crippen LogP contribution in [0, 0.1) is 5.82 Å². The molecule has 0 spiro atoms. The molecule has 1 aromatic heterocycles. The molecule has 0 aliphatic heterocycles. The molecular weight excluding hydrogens is 389 g/mol. The molecule has 0 fully saturated rings. The Hall–Kier alpha value is -3.39. The van der Waals surface area contributed by atoms with Crippen LogP contribution in [0.4, 0.5) is 14.9 Å². The van der Waals surface area contributed by atoms with Gasteiger partial charge in [-0.2, -0.15) is 0 Å². The van der Waals surface area contributed by atoms with E-state index in [0.29, 0.717) is 35.7 Å². The molecule has 0 saturated carbocycles. The number of amides is 2. The Balaban J connectivity index is 1.84. The average Bonchev–Trinajstić information content (AvgIpc) is 2.73. The Morgan fingerprint density at radius 3 is 2.63 bits per heavy atom. The molecule has 158 valence electrons. The summed E-state index contributed by atoms with van der Waals surface area (Å²) >= 11 is 0. The van der Waals surface area contributed by atoms with Crippen molar-refractivity contribution in [2.24, 2.45) is 0 Å². The molecule has 0 saturated heterocycles. The van der Waals surface area contributed by atoms with Gasteiger partial charge >= 0.3 is 6.03 Å². The fourth-order valence-corrected chi connectivity index (χ4v) is 3.00. The van der Waals surface area contributed by atoms with E-state index in [9.17, 15) is 14.0 Å². The highest BCUT2D eigenvalue weighted by molar-refractivity contribution is 5.89. The van der Waals surface area contributed by atoms with E-state index in [1.807, 2.05) is 13.0 Å². The standard InChI is InChI=1S/C22H24FN3O4/c1-3-30-19-8-9-20-15(13-19)12-16(21(27)25-20)14-26(10-11-29-2)22(28)24-18-6-4-17(23)5-7-18/h4-9,12-13H,3,10-11,14H2,1-2H3,(H,24,28)(H,25,27). The average molecular weight is 413 g/mol. The summed E-state index contributed by atoms with van der Waals surface area (Å²) < 4.78 is 23.7. The Morgan fingerprint density at radius 1 is 1.17 bits per heavy atom. The van der Waals surface area contributed by atoms with E-state index >= 15 is 0 Å². The largest absolute Gasteiger partial charge is 0.494 e. The van der Waals surface area contributed by atoms with Crippen LogP contribution in [-0.4, -0.2) is 42.8 Å².